The van der Waals surface area contributed by atoms with E-state index in [-0.39, 0.29) is 11.3 Å². The molecule has 0 amide bonds. The zero-order chi connectivity index (χ0) is 13.1. The van der Waals surface area contributed by atoms with Crippen LogP contribution < -0.4 is 11.1 Å². The van der Waals surface area contributed by atoms with Crippen LogP contribution in [-0.2, 0) is 0 Å². The van der Waals surface area contributed by atoms with Crippen molar-refractivity contribution in [2.75, 3.05) is 11.9 Å². The van der Waals surface area contributed by atoms with Crippen molar-refractivity contribution >= 4 is 11.4 Å². The second-order valence-corrected chi connectivity index (χ2v) is 4.28. The van der Waals surface area contributed by atoms with Gasteiger partial charge in [-0.3, -0.25) is 10.1 Å². The molecule has 0 radical (unpaired) electrons. The van der Waals surface area contributed by atoms with Crippen molar-refractivity contribution in [3.63, 3.8) is 0 Å². The fourth-order valence-corrected chi connectivity index (χ4v) is 1.35. The Labute approximate surface area is 99.2 Å². The van der Waals surface area contributed by atoms with Crippen LogP contribution in [0.5, 0.6) is 0 Å². The molecule has 90 valence electrons. The van der Waals surface area contributed by atoms with E-state index in [1.54, 1.807) is 12.1 Å². The molecular weight excluding hydrogens is 220 g/mol. The first-order valence-corrected chi connectivity index (χ1v) is 5.07. The molecular formula is C11H14N4O2. The molecule has 0 aliphatic heterocycles. The van der Waals surface area contributed by atoms with E-state index in [1.807, 2.05) is 19.9 Å². The number of benzene rings is 1. The summed E-state index contributed by atoms with van der Waals surface area (Å²) < 4.78 is 0. The van der Waals surface area contributed by atoms with E-state index in [0.29, 0.717) is 12.2 Å². The van der Waals surface area contributed by atoms with Gasteiger partial charge in [0.05, 0.1) is 4.92 Å². The number of hydrogen-bond acceptors (Lipinski definition) is 5. The normalized spacial score (nSPS) is 10.7. The van der Waals surface area contributed by atoms with E-state index in [4.69, 9.17) is 11.0 Å². The molecule has 17 heavy (non-hydrogen) atoms. The maximum Gasteiger partial charge on any atom is 0.309 e. The van der Waals surface area contributed by atoms with Gasteiger partial charge in [0.25, 0.3) is 0 Å². The summed E-state index contributed by atoms with van der Waals surface area (Å²) in [6.45, 7) is 3.98. The lowest BCUT2D eigenvalue weighted by atomic mass is 10.0. The number of nitrogens with zero attached hydrogens (tertiary/aromatic N) is 2. The Hall–Kier alpha value is -2.13. The lowest BCUT2D eigenvalue weighted by molar-refractivity contribution is -0.384. The van der Waals surface area contributed by atoms with Gasteiger partial charge in [-0.1, -0.05) is 6.07 Å². The molecule has 0 saturated heterocycles. The second-order valence-electron chi connectivity index (χ2n) is 4.28. The van der Waals surface area contributed by atoms with Gasteiger partial charge < -0.3 is 11.1 Å². The number of nitro groups is 1. The number of rotatable bonds is 4. The van der Waals surface area contributed by atoms with Crippen LogP contribution >= 0.6 is 0 Å². The van der Waals surface area contributed by atoms with E-state index >= 15 is 0 Å². The van der Waals surface area contributed by atoms with Crippen LogP contribution in [0.2, 0.25) is 0 Å². The smallest absolute Gasteiger partial charge is 0.309 e. The highest BCUT2D eigenvalue weighted by atomic mass is 16.6. The van der Waals surface area contributed by atoms with E-state index in [2.05, 4.69) is 5.32 Å². The Morgan fingerprint density at radius 3 is 2.71 bits per heavy atom. The summed E-state index contributed by atoms with van der Waals surface area (Å²) in [4.78, 5) is 10.4. The van der Waals surface area contributed by atoms with Crippen LogP contribution in [0.1, 0.15) is 19.4 Å². The minimum absolute atomic E-state index is 0.0350. The maximum atomic E-state index is 11.0. The molecule has 3 N–H and O–H groups in total. The maximum absolute atomic E-state index is 11.0. The van der Waals surface area contributed by atoms with E-state index in [0.717, 1.165) is 0 Å². The standard InChI is InChI=1S/C11H14N4O2/c1-11(2,7-13)14-9-5-3-4-8(6-12)10(9)15(16)17/h3-5,14H,7,13H2,1-2H3. The van der Waals surface area contributed by atoms with Crippen LogP contribution in [-0.4, -0.2) is 17.0 Å². The number of anilines is 1. The largest absolute Gasteiger partial charge is 0.373 e. The van der Waals surface area contributed by atoms with Gasteiger partial charge in [-0.2, -0.15) is 5.26 Å². The lowest BCUT2D eigenvalue weighted by Crippen LogP contribution is -2.39. The Bertz CT molecular complexity index is 477. The first-order valence-electron chi connectivity index (χ1n) is 5.07. The predicted molar refractivity (Wildman–Crippen MR) is 64.6 cm³/mol. The number of nitrogens with one attached hydrogen (secondary N) is 1. The van der Waals surface area contributed by atoms with E-state index in [9.17, 15) is 10.1 Å². The van der Waals surface area contributed by atoms with E-state index < -0.39 is 10.5 Å². The minimum Gasteiger partial charge on any atom is -0.373 e. The van der Waals surface area contributed by atoms with Crippen LogP contribution in [0.15, 0.2) is 18.2 Å². The van der Waals surface area contributed by atoms with Crippen molar-refractivity contribution in [3.05, 3.63) is 33.9 Å². The zero-order valence-electron chi connectivity index (χ0n) is 9.73. The van der Waals surface area contributed by atoms with E-state index in [1.165, 1.54) is 6.07 Å². The van der Waals surface area contributed by atoms with Gasteiger partial charge in [0, 0.05) is 12.1 Å². The van der Waals surface area contributed by atoms with Gasteiger partial charge in [-0.05, 0) is 26.0 Å². The fraction of sp³-hybridized carbons (Fsp3) is 0.364. The lowest BCUT2D eigenvalue weighted by Gasteiger charge is -2.25. The summed E-state index contributed by atoms with van der Waals surface area (Å²) in [6.07, 6.45) is 0. The Morgan fingerprint density at radius 2 is 2.24 bits per heavy atom. The summed E-state index contributed by atoms with van der Waals surface area (Å²) in [7, 11) is 0. The molecule has 6 heteroatoms. The second kappa shape index (κ2) is 4.80. The number of nitro benzene ring substituents is 1. The molecule has 1 aromatic carbocycles. The predicted octanol–water partition coefficient (Wildman–Crippen LogP) is 1.62. The van der Waals surface area contributed by atoms with Gasteiger partial charge in [0.2, 0.25) is 0 Å². The van der Waals surface area contributed by atoms with Crippen molar-refractivity contribution in [3.8, 4) is 6.07 Å². The number of nitriles is 1. The molecule has 0 spiro atoms. The van der Waals surface area contributed by atoms with Gasteiger partial charge in [-0.15, -0.1) is 0 Å². The third kappa shape index (κ3) is 2.92. The van der Waals surface area contributed by atoms with Crippen molar-refractivity contribution < 1.29 is 4.92 Å². The van der Waals surface area contributed by atoms with Crippen molar-refractivity contribution in [2.24, 2.45) is 5.73 Å². The van der Waals surface area contributed by atoms with Crippen LogP contribution in [0.25, 0.3) is 0 Å². The molecule has 0 bridgehead atoms. The fourth-order valence-electron chi connectivity index (χ4n) is 1.35. The van der Waals surface area contributed by atoms with Crippen LogP contribution in [0.4, 0.5) is 11.4 Å². The average Bonchev–Trinajstić information content (AvgIpc) is 2.27. The molecule has 0 aromatic heterocycles. The number of nitrogens with two attached hydrogens (primary N) is 1. The van der Waals surface area contributed by atoms with Crippen LogP contribution in [0.3, 0.4) is 0 Å². The van der Waals surface area contributed by atoms with Gasteiger partial charge in [-0.25, -0.2) is 0 Å². The summed E-state index contributed by atoms with van der Waals surface area (Å²) in [5.41, 5.74) is 5.21. The third-order valence-electron chi connectivity index (χ3n) is 2.32. The molecule has 1 rings (SSSR count). The van der Waals surface area contributed by atoms with Crippen molar-refractivity contribution in [1.29, 1.82) is 5.26 Å². The molecule has 6 nitrogen and oxygen atoms in total. The molecule has 0 heterocycles. The monoisotopic (exact) mass is 234 g/mol. The van der Waals surface area contributed by atoms with Crippen LogP contribution in [0, 0.1) is 21.4 Å². The molecule has 0 aliphatic rings. The molecule has 0 aliphatic carbocycles. The Balaban J connectivity index is 3.26. The number of para-hydroxylation sites is 1. The highest BCUT2D eigenvalue weighted by Gasteiger charge is 2.24. The topological polar surface area (TPSA) is 105 Å². The summed E-state index contributed by atoms with van der Waals surface area (Å²) >= 11 is 0. The minimum atomic E-state index is -0.562. The Morgan fingerprint density at radius 1 is 1.59 bits per heavy atom. The summed E-state index contributed by atoms with van der Waals surface area (Å²) in [5, 5.41) is 22.8. The molecule has 1 aromatic rings. The summed E-state index contributed by atoms with van der Waals surface area (Å²) in [5.74, 6) is 0. The first-order chi connectivity index (χ1) is 7.91. The number of hydrogen-bond donors (Lipinski definition) is 2. The Kier molecular flexibility index (Phi) is 3.66. The highest BCUT2D eigenvalue weighted by molar-refractivity contribution is 5.69. The van der Waals surface area contributed by atoms with Crippen molar-refractivity contribution in [2.45, 2.75) is 19.4 Å². The molecule has 0 unspecified atom stereocenters. The van der Waals surface area contributed by atoms with Gasteiger partial charge in [0.1, 0.15) is 17.3 Å². The highest BCUT2D eigenvalue weighted by Crippen LogP contribution is 2.29. The molecule has 0 saturated carbocycles. The average molecular weight is 234 g/mol. The van der Waals surface area contributed by atoms with Crippen molar-refractivity contribution in [1.82, 2.24) is 0 Å². The zero-order valence-corrected chi connectivity index (χ0v) is 9.73. The summed E-state index contributed by atoms with van der Waals surface area (Å²) in [6, 6.07) is 6.39. The van der Waals surface area contributed by atoms with Gasteiger partial charge >= 0.3 is 5.69 Å². The van der Waals surface area contributed by atoms with Gasteiger partial charge in [0.15, 0.2) is 0 Å². The quantitative estimate of drug-likeness (QED) is 0.608. The SMILES string of the molecule is CC(C)(CN)Nc1cccc(C#N)c1[N+](=O)[O-]. The molecule has 0 atom stereocenters. The molecule has 0 fully saturated rings. The first kappa shape index (κ1) is 12.9. The third-order valence-corrected chi connectivity index (χ3v) is 2.32.